The molecular weight excluding hydrogens is 228 g/mol. The van der Waals surface area contributed by atoms with Gasteiger partial charge in [-0.3, -0.25) is 9.36 Å². The van der Waals surface area contributed by atoms with E-state index in [0.29, 0.717) is 11.4 Å². The van der Waals surface area contributed by atoms with Crippen LogP contribution in [0.2, 0.25) is 0 Å². The molecule has 0 unspecified atom stereocenters. The van der Waals surface area contributed by atoms with Gasteiger partial charge >= 0.3 is 0 Å². The molecule has 0 aliphatic rings. The second-order valence-corrected chi connectivity index (χ2v) is 3.87. The van der Waals surface area contributed by atoms with Gasteiger partial charge in [0.2, 0.25) is 5.91 Å². The first-order valence-electron chi connectivity index (χ1n) is 5.44. The molecule has 88 valence electrons. The van der Waals surface area contributed by atoms with E-state index in [0.717, 1.165) is 11.0 Å². The SMILES string of the molecule is NC(=O)c1ccnc(-n2cnc3ccccc32)c1. The van der Waals surface area contributed by atoms with Crippen LogP contribution < -0.4 is 5.73 Å². The Hall–Kier alpha value is -2.69. The molecule has 3 aromatic rings. The predicted octanol–water partition coefficient (Wildman–Crippen LogP) is 1.52. The minimum Gasteiger partial charge on any atom is -0.366 e. The highest BCUT2D eigenvalue weighted by Gasteiger charge is 2.07. The van der Waals surface area contributed by atoms with Crippen LogP contribution in [0.3, 0.4) is 0 Å². The molecule has 1 aromatic carbocycles. The number of nitrogens with two attached hydrogens (primary N) is 1. The van der Waals surface area contributed by atoms with E-state index in [4.69, 9.17) is 5.73 Å². The summed E-state index contributed by atoms with van der Waals surface area (Å²) in [6.07, 6.45) is 3.24. The number of hydrogen-bond donors (Lipinski definition) is 1. The summed E-state index contributed by atoms with van der Waals surface area (Å²) in [4.78, 5) is 19.7. The number of amides is 1. The molecule has 0 atom stereocenters. The van der Waals surface area contributed by atoms with Gasteiger partial charge in [-0.05, 0) is 24.3 Å². The van der Waals surface area contributed by atoms with Crippen molar-refractivity contribution in [3.63, 3.8) is 0 Å². The van der Waals surface area contributed by atoms with E-state index >= 15 is 0 Å². The number of pyridine rings is 1. The average molecular weight is 238 g/mol. The maximum absolute atomic E-state index is 11.2. The van der Waals surface area contributed by atoms with Gasteiger partial charge in [0, 0.05) is 11.8 Å². The summed E-state index contributed by atoms with van der Waals surface area (Å²) in [5.74, 6) is 0.156. The first-order valence-corrected chi connectivity index (χ1v) is 5.44. The molecule has 2 heterocycles. The van der Waals surface area contributed by atoms with Gasteiger partial charge in [-0.1, -0.05) is 12.1 Å². The van der Waals surface area contributed by atoms with Gasteiger partial charge < -0.3 is 5.73 Å². The summed E-state index contributed by atoms with van der Waals surface area (Å²) in [6, 6.07) is 11.0. The van der Waals surface area contributed by atoms with E-state index in [1.165, 1.54) is 0 Å². The van der Waals surface area contributed by atoms with Crippen molar-refractivity contribution in [1.29, 1.82) is 0 Å². The summed E-state index contributed by atoms with van der Waals surface area (Å²) in [7, 11) is 0. The Kier molecular flexibility index (Phi) is 2.30. The predicted molar refractivity (Wildman–Crippen MR) is 67.4 cm³/mol. The molecule has 5 heteroatoms. The fourth-order valence-corrected chi connectivity index (χ4v) is 1.85. The number of hydrogen-bond acceptors (Lipinski definition) is 3. The van der Waals surface area contributed by atoms with Crippen LogP contribution in [0.4, 0.5) is 0 Å². The smallest absolute Gasteiger partial charge is 0.248 e. The van der Waals surface area contributed by atoms with Crippen molar-refractivity contribution in [3.8, 4) is 5.82 Å². The molecule has 0 fully saturated rings. The highest BCUT2D eigenvalue weighted by Crippen LogP contribution is 2.16. The molecule has 0 bridgehead atoms. The van der Waals surface area contributed by atoms with Crippen molar-refractivity contribution in [2.24, 2.45) is 5.73 Å². The van der Waals surface area contributed by atoms with E-state index in [9.17, 15) is 4.79 Å². The van der Waals surface area contributed by atoms with Gasteiger partial charge in [0.1, 0.15) is 12.1 Å². The number of carbonyl (C=O) groups is 1. The van der Waals surface area contributed by atoms with E-state index in [2.05, 4.69) is 9.97 Å². The first kappa shape index (κ1) is 10.5. The van der Waals surface area contributed by atoms with Crippen molar-refractivity contribution in [2.45, 2.75) is 0 Å². The van der Waals surface area contributed by atoms with E-state index in [-0.39, 0.29) is 0 Å². The topological polar surface area (TPSA) is 73.8 Å². The van der Waals surface area contributed by atoms with Crippen LogP contribution in [-0.4, -0.2) is 20.4 Å². The molecule has 0 aliphatic carbocycles. The Balaban J connectivity index is 2.20. The van der Waals surface area contributed by atoms with Gasteiger partial charge in [0.05, 0.1) is 11.0 Å². The normalized spacial score (nSPS) is 10.7. The third kappa shape index (κ3) is 1.62. The van der Waals surface area contributed by atoms with Crippen molar-refractivity contribution >= 4 is 16.9 Å². The molecule has 2 aromatic heterocycles. The molecule has 0 saturated carbocycles. The van der Waals surface area contributed by atoms with Gasteiger partial charge in [-0.25, -0.2) is 9.97 Å². The highest BCUT2D eigenvalue weighted by atomic mass is 16.1. The summed E-state index contributed by atoms with van der Waals surface area (Å²) >= 11 is 0. The Morgan fingerprint density at radius 2 is 2.00 bits per heavy atom. The van der Waals surface area contributed by atoms with E-state index in [1.54, 1.807) is 24.7 Å². The molecule has 3 rings (SSSR count). The Morgan fingerprint density at radius 1 is 1.17 bits per heavy atom. The lowest BCUT2D eigenvalue weighted by Crippen LogP contribution is -2.11. The summed E-state index contributed by atoms with van der Waals surface area (Å²) in [6.45, 7) is 0. The maximum Gasteiger partial charge on any atom is 0.248 e. The van der Waals surface area contributed by atoms with Crippen molar-refractivity contribution in [3.05, 3.63) is 54.5 Å². The van der Waals surface area contributed by atoms with E-state index in [1.807, 2.05) is 28.8 Å². The van der Waals surface area contributed by atoms with Crippen LogP contribution in [-0.2, 0) is 0 Å². The van der Waals surface area contributed by atoms with Crippen LogP contribution in [0, 0.1) is 0 Å². The highest BCUT2D eigenvalue weighted by molar-refractivity contribution is 5.93. The summed E-state index contributed by atoms with van der Waals surface area (Å²) in [5.41, 5.74) is 7.50. The molecular formula is C13H10N4O. The van der Waals surface area contributed by atoms with E-state index < -0.39 is 5.91 Å². The lowest BCUT2D eigenvalue weighted by molar-refractivity contribution is 0.1000. The third-order valence-corrected chi connectivity index (χ3v) is 2.73. The number of para-hydroxylation sites is 2. The fraction of sp³-hybridized carbons (Fsp3) is 0. The molecule has 1 amide bonds. The number of nitrogens with zero attached hydrogens (tertiary/aromatic N) is 3. The molecule has 0 saturated heterocycles. The zero-order chi connectivity index (χ0) is 12.5. The summed E-state index contributed by atoms with van der Waals surface area (Å²) in [5, 5.41) is 0. The van der Waals surface area contributed by atoms with Crippen molar-refractivity contribution in [2.75, 3.05) is 0 Å². The van der Waals surface area contributed by atoms with Crippen LogP contribution in [0.1, 0.15) is 10.4 Å². The Labute approximate surface area is 103 Å². The van der Waals surface area contributed by atoms with Crippen molar-refractivity contribution in [1.82, 2.24) is 14.5 Å². The van der Waals surface area contributed by atoms with Crippen molar-refractivity contribution < 1.29 is 4.79 Å². The number of rotatable bonds is 2. The van der Waals surface area contributed by atoms with Crippen LogP contribution in [0.15, 0.2) is 48.9 Å². The van der Waals surface area contributed by atoms with Gasteiger partial charge in [-0.2, -0.15) is 0 Å². The number of imidazole rings is 1. The van der Waals surface area contributed by atoms with Crippen LogP contribution in [0.5, 0.6) is 0 Å². The van der Waals surface area contributed by atoms with Gasteiger partial charge in [-0.15, -0.1) is 0 Å². The zero-order valence-corrected chi connectivity index (χ0v) is 9.45. The Morgan fingerprint density at radius 3 is 2.83 bits per heavy atom. The monoisotopic (exact) mass is 238 g/mol. The molecule has 5 nitrogen and oxygen atoms in total. The molecule has 18 heavy (non-hydrogen) atoms. The number of carbonyl (C=O) groups excluding carboxylic acids is 1. The first-order chi connectivity index (χ1) is 8.75. The number of primary amides is 1. The third-order valence-electron chi connectivity index (χ3n) is 2.73. The van der Waals surface area contributed by atoms with Crippen LogP contribution in [0.25, 0.3) is 16.9 Å². The average Bonchev–Trinajstić information content (AvgIpc) is 2.82. The minimum atomic E-state index is -0.469. The number of fused-ring (bicyclic) bond motifs is 1. The second-order valence-electron chi connectivity index (χ2n) is 3.87. The quantitative estimate of drug-likeness (QED) is 0.735. The molecule has 2 N–H and O–H groups in total. The maximum atomic E-state index is 11.2. The summed E-state index contributed by atoms with van der Waals surface area (Å²) < 4.78 is 1.82. The fourth-order valence-electron chi connectivity index (χ4n) is 1.85. The molecule has 0 radical (unpaired) electrons. The molecule has 0 spiro atoms. The lowest BCUT2D eigenvalue weighted by Gasteiger charge is -2.04. The number of benzene rings is 1. The Bertz CT molecular complexity index is 732. The number of aromatic nitrogens is 3. The lowest BCUT2D eigenvalue weighted by atomic mass is 10.2. The minimum absolute atomic E-state index is 0.429. The standard InChI is InChI=1S/C13H10N4O/c14-13(18)9-5-6-15-12(7-9)17-8-16-10-3-1-2-4-11(10)17/h1-8H,(H2,14,18). The zero-order valence-electron chi connectivity index (χ0n) is 9.45. The second kappa shape index (κ2) is 3.96. The molecule has 0 aliphatic heterocycles. The largest absolute Gasteiger partial charge is 0.366 e. The van der Waals surface area contributed by atoms with Gasteiger partial charge in [0.15, 0.2) is 0 Å². The van der Waals surface area contributed by atoms with Crippen LogP contribution >= 0.6 is 0 Å². The van der Waals surface area contributed by atoms with Gasteiger partial charge in [0.25, 0.3) is 0 Å².